The van der Waals surface area contributed by atoms with Gasteiger partial charge >= 0.3 is 5.97 Å². The van der Waals surface area contributed by atoms with E-state index in [-0.39, 0.29) is 11.9 Å². The lowest BCUT2D eigenvalue weighted by Gasteiger charge is -2.23. The van der Waals surface area contributed by atoms with Crippen LogP contribution in [0.25, 0.3) is 0 Å². The van der Waals surface area contributed by atoms with Crippen molar-refractivity contribution < 1.29 is 14.3 Å². The van der Waals surface area contributed by atoms with E-state index < -0.39 is 0 Å². The number of ether oxygens (including phenoxy) is 1. The third-order valence-corrected chi connectivity index (χ3v) is 4.27. The van der Waals surface area contributed by atoms with Crippen LogP contribution in [0.4, 0.5) is 0 Å². The molecule has 1 aromatic rings. The Morgan fingerprint density at radius 3 is 2.46 bits per heavy atom. The normalized spacial score (nSPS) is 10.2. The van der Waals surface area contributed by atoms with Gasteiger partial charge < -0.3 is 9.64 Å². The molecule has 0 aromatic heterocycles. The van der Waals surface area contributed by atoms with Crippen molar-refractivity contribution in [3.8, 4) is 0 Å². The number of hydrogen-bond acceptors (Lipinski definition) is 3. The molecule has 1 amide bonds. The third kappa shape index (κ3) is 8.65. The number of hydrogen-bond donors (Lipinski definition) is 0. The van der Waals surface area contributed by atoms with Gasteiger partial charge in [0.15, 0.2) is 0 Å². The standard InChI is InChI=1S/C22H31NO3/c1-4-5-17-23(18-10-9-15-20-13-7-6-8-14-20)22(25)19(2)12-11-16-21(24)26-3/h4,6-8,13-14H,1-2,5,9-12,15-18H2,3H3. The van der Waals surface area contributed by atoms with Gasteiger partial charge in [-0.15, -0.1) is 6.58 Å². The Hall–Kier alpha value is -2.36. The van der Waals surface area contributed by atoms with Gasteiger partial charge in [-0.2, -0.15) is 0 Å². The van der Waals surface area contributed by atoms with Crippen LogP contribution in [0.3, 0.4) is 0 Å². The van der Waals surface area contributed by atoms with E-state index in [9.17, 15) is 9.59 Å². The first-order valence-corrected chi connectivity index (χ1v) is 9.27. The van der Waals surface area contributed by atoms with Gasteiger partial charge in [-0.1, -0.05) is 43.0 Å². The minimum atomic E-state index is -0.255. The molecule has 0 saturated carbocycles. The first-order valence-electron chi connectivity index (χ1n) is 9.27. The maximum absolute atomic E-state index is 12.6. The van der Waals surface area contributed by atoms with Crippen LogP contribution in [0.5, 0.6) is 0 Å². The second-order valence-corrected chi connectivity index (χ2v) is 6.35. The summed E-state index contributed by atoms with van der Waals surface area (Å²) in [5.74, 6) is -0.272. The zero-order valence-electron chi connectivity index (χ0n) is 15.9. The van der Waals surface area contributed by atoms with E-state index in [1.54, 1.807) is 0 Å². The number of rotatable bonds is 13. The highest BCUT2D eigenvalue weighted by molar-refractivity contribution is 5.92. The lowest BCUT2D eigenvalue weighted by molar-refractivity contribution is -0.140. The highest BCUT2D eigenvalue weighted by Crippen LogP contribution is 2.12. The van der Waals surface area contributed by atoms with Crippen LogP contribution in [-0.2, 0) is 20.7 Å². The third-order valence-electron chi connectivity index (χ3n) is 4.27. The Kier molecular flexibility index (Phi) is 10.8. The predicted octanol–water partition coefficient (Wildman–Crippen LogP) is 4.31. The summed E-state index contributed by atoms with van der Waals surface area (Å²) < 4.78 is 4.62. The monoisotopic (exact) mass is 357 g/mol. The fraction of sp³-hybridized carbons (Fsp3) is 0.455. The summed E-state index contributed by atoms with van der Waals surface area (Å²) in [5.41, 5.74) is 1.88. The molecule has 0 heterocycles. The summed E-state index contributed by atoms with van der Waals surface area (Å²) in [5, 5.41) is 0. The van der Waals surface area contributed by atoms with Gasteiger partial charge in [0.05, 0.1) is 7.11 Å². The van der Waals surface area contributed by atoms with Gasteiger partial charge in [-0.25, -0.2) is 0 Å². The SMILES string of the molecule is C=CCCN(CCCCc1ccccc1)C(=O)C(=C)CCCC(=O)OC. The molecule has 4 nitrogen and oxygen atoms in total. The summed E-state index contributed by atoms with van der Waals surface area (Å²) in [6.45, 7) is 9.03. The first kappa shape index (κ1) is 21.7. The Labute approximate surface area is 157 Å². The molecule has 4 heteroatoms. The number of benzene rings is 1. The molecule has 0 N–H and O–H groups in total. The average molecular weight is 357 g/mol. The zero-order chi connectivity index (χ0) is 19.2. The lowest BCUT2D eigenvalue weighted by atomic mass is 10.1. The number of carbonyl (C=O) groups excluding carboxylic acids is 2. The average Bonchev–Trinajstić information content (AvgIpc) is 2.67. The van der Waals surface area contributed by atoms with Crippen molar-refractivity contribution in [2.45, 2.75) is 44.9 Å². The van der Waals surface area contributed by atoms with Gasteiger partial charge in [0.2, 0.25) is 5.91 Å². The number of unbranched alkanes of at least 4 members (excludes halogenated alkanes) is 1. The van der Waals surface area contributed by atoms with E-state index in [2.05, 4.69) is 30.0 Å². The van der Waals surface area contributed by atoms with Crippen LogP contribution in [0.1, 0.15) is 44.1 Å². The highest BCUT2D eigenvalue weighted by atomic mass is 16.5. The molecule has 0 aliphatic rings. The number of aryl methyl sites for hydroxylation is 1. The number of esters is 1. The molecule has 1 rings (SSSR count). The van der Waals surface area contributed by atoms with E-state index in [0.29, 0.717) is 31.4 Å². The Morgan fingerprint density at radius 2 is 1.81 bits per heavy atom. The molecule has 1 aromatic carbocycles. The molecule has 0 aliphatic carbocycles. The largest absolute Gasteiger partial charge is 0.469 e. The molecule has 0 bridgehead atoms. The smallest absolute Gasteiger partial charge is 0.305 e. The zero-order valence-corrected chi connectivity index (χ0v) is 15.9. The van der Waals surface area contributed by atoms with Crippen molar-refractivity contribution in [1.29, 1.82) is 0 Å². The summed E-state index contributed by atoms with van der Waals surface area (Å²) in [4.78, 5) is 25.7. The molecular formula is C22H31NO3. The maximum atomic E-state index is 12.6. The van der Waals surface area contributed by atoms with Crippen molar-refractivity contribution in [1.82, 2.24) is 4.90 Å². The van der Waals surface area contributed by atoms with Gasteiger partial charge in [-0.05, 0) is 44.1 Å². The van der Waals surface area contributed by atoms with Crippen LogP contribution < -0.4 is 0 Å². The van der Waals surface area contributed by atoms with Crippen LogP contribution in [0, 0.1) is 0 Å². The molecule has 0 atom stereocenters. The molecule has 0 spiro atoms. The van der Waals surface area contributed by atoms with Gasteiger partial charge in [0, 0.05) is 25.1 Å². The minimum Gasteiger partial charge on any atom is -0.469 e. The quantitative estimate of drug-likeness (QED) is 0.229. The van der Waals surface area contributed by atoms with Crippen molar-refractivity contribution in [2.24, 2.45) is 0 Å². The molecule has 26 heavy (non-hydrogen) atoms. The maximum Gasteiger partial charge on any atom is 0.305 e. The second-order valence-electron chi connectivity index (χ2n) is 6.35. The van der Waals surface area contributed by atoms with Crippen LogP contribution in [0.2, 0.25) is 0 Å². The Bertz CT molecular complexity index is 580. The minimum absolute atomic E-state index is 0.0172. The van der Waals surface area contributed by atoms with Crippen molar-refractivity contribution in [3.63, 3.8) is 0 Å². The van der Waals surface area contributed by atoms with Crippen molar-refractivity contribution in [2.75, 3.05) is 20.2 Å². The summed E-state index contributed by atoms with van der Waals surface area (Å²) in [7, 11) is 1.37. The van der Waals surface area contributed by atoms with Gasteiger partial charge in [0.1, 0.15) is 0 Å². The summed E-state index contributed by atoms with van der Waals surface area (Å²) in [6, 6.07) is 10.4. The molecular weight excluding hydrogens is 326 g/mol. The van der Waals surface area contributed by atoms with E-state index in [1.165, 1.54) is 12.7 Å². The molecule has 0 radical (unpaired) electrons. The summed E-state index contributed by atoms with van der Waals surface area (Å²) >= 11 is 0. The van der Waals surface area contributed by atoms with E-state index in [4.69, 9.17) is 0 Å². The first-order chi connectivity index (χ1) is 12.6. The highest BCUT2D eigenvalue weighted by Gasteiger charge is 2.16. The molecule has 0 saturated heterocycles. The lowest BCUT2D eigenvalue weighted by Crippen LogP contribution is -2.33. The van der Waals surface area contributed by atoms with E-state index >= 15 is 0 Å². The number of carbonyl (C=O) groups is 2. The Morgan fingerprint density at radius 1 is 1.08 bits per heavy atom. The van der Waals surface area contributed by atoms with Crippen molar-refractivity contribution >= 4 is 11.9 Å². The number of nitrogens with zero attached hydrogens (tertiary/aromatic N) is 1. The molecule has 142 valence electrons. The van der Waals surface area contributed by atoms with Crippen LogP contribution in [-0.4, -0.2) is 37.0 Å². The van der Waals surface area contributed by atoms with Crippen LogP contribution in [0.15, 0.2) is 55.1 Å². The van der Waals surface area contributed by atoms with E-state index in [1.807, 2.05) is 29.2 Å². The summed E-state index contributed by atoms with van der Waals surface area (Å²) in [6.07, 6.45) is 7.01. The van der Waals surface area contributed by atoms with Crippen molar-refractivity contribution in [3.05, 3.63) is 60.7 Å². The second kappa shape index (κ2) is 12.9. The molecule has 0 unspecified atom stereocenters. The number of methoxy groups -OCH3 is 1. The van der Waals surface area contributed by atoms with Gasteiger partial charge in [0.25, 0.3) is 0 Å². The van der Waals surface area contributed by atoms with Crippen LogP contribution >= 0.6 is 0 Å². The Balaban J connectivity index is 2.42. The topological polar surface area (TPSA) is 46.6 Å². The predicted molar refractivity (Wildman–Crippen MR) is 106 cm³/mol. The molecule has 0 fully saturated rings. The fourth-order valence-corrected chi connectivity index (χ4v) is 2.72. The fourth-order valence-electron chi connectivity index (χ4n) is 2.72. The van der Waals surface area contributed by atoms with E-state index in [0.717, 1.165) is 32.2 Å². The van der Waals surface area contributed by atoms with Gasteiger partial charge in [-0.3, -0.25) is 9.59 Å². The number of amides is 1. The molecule has 0 aliphatic heterocycles.